The van der Waals surface area contributed by atoms with Gasteiger partial charge in [0, 0.05) is 0 Å². The molecule has 26 heavy (non-hydrogen) atoms. The molecule has 0 saturated heterocycles. The van der Waals surface area contributed by atoms with Gasteiger partial charge in [-0.1, -0.05) is 48.5 Å². The number of fused-ring (bicyclic) bond motifs is 1. The molecule has 0 amide bonds. The van der Waals surface area contributed by atoms with Gasteiger partial charge in [0.25, 0.3) is 0 Å². The summed E-state index contributed by atoms with van der Waals surface area (Å²) in [7, 11) is 1.69. The van der Waals surface area contributed by atoms with Crippen molar-refractivity contribution in [2.75, 3.05) is 13.7 Å². The number of ether oxygens (including phenoxy) is 2. The molecule has 0 unspecified atom stereocenters. The fraction of sp³-hybridized carbons (Fsp3) is 0.261. The number of nitrogens with zero attached hydrogens (tertiary/aromatic N) is 1. The monoisotopic (exact) mass is 343 g/mol. The van der Waals surface area contributed by atoms with Crippen molar-refractivity contribution in [1.29, 1.82) is 5.26 Å². The van der Waals surface area contributed by atoms with Crippen LogP contribution in [0.25, 0.3) is 10.8 Å². The average Bonchev–Trinajstić information content (AvgIpc) is 3.47. The number of hydrogen-bond donors (Lipinski definition) is 0. The van der Waals surface area contributed by atoms with E-state index >= 15 is 0 Å². The van der Waals surface area contributed by atoms with E-state index in [-0.39, 0.29) is 0 Å². The molecule has 3 aromatic rings. The molecule has 0 radical (unpaired) electrons. The minimum Gasteiger partial charge on any atom is -0.497 e. The van der Waals surface area contributed by atoms with Crippen LogP contribution in [0.2, 0.25) is 0 Å². The number of methoxy groups -OCH3 is 1. The predicted molar refractivity (Wildman–Crippen MR) is 102 cm³/mol. The second-order valence-electron chi connectivity index (χ2n) is 6.82. The Morgan fingerprint density at radius 1 is 1.04 bits per heavy atom. The molecule has 0 aliphatic heterocycles. The molecule has 3 nitrogen and oxygen atoms in total. The Hall–Kier alpha value is -2.83. The van der Waals surface area contributed by atoms with Crippen LogP contribution in [0.15, 0.2) is 60.7 Å². The molecule has 3 aromatic carbocycles. The third-order valence-electron chi connectivity index (χ3n) is 5.18. The molecule has 0 spiro atoms. The van der Waals surface area contributed by atoms with Gasteiger partial charge in [0.1, 0.15) is 11.8 Å². The molecular weight excluding hydrogens is 322 g/mol. The quantitative estimate of drug-likeness (QED) is 0.629. The van der Waals surface area contributed by atoms with Crippen molar-refractivity contribution >= 4 is 10.8 Å². The largest absolute Gasteiger partial charge is 0.497 e. The van der Waals surface area contributed by atoms with Gasteiger partial charge >= 0.3 is 0 Å². The third kappa shape index (κ3) is 3.29. The van der Waals surface area contributed by atoms with Crippen LogP contribution in [0, 0.1) is 17.2 Å². The molecule has 0 heterocycles. The van der Waals surface area contributed by atoms with E-state index < -0.39 is 0 Å². The zero-order valence-electron chi connectivity index (χ0n) is 14.8. The van der Waals surface area contributed by atoms with E-state index in [2.05, 4.69) is 24.3 Å². The summed E-state index contributed by atoms with van der Waals surface area (Å²) in [6, 6.07) is 22.7. The smallest absolute Gasteiger partial charge is 0.118 e. The minimum atomic E-state index is 0.486. The van der Waals surface area contributed by atoms with Crippen molar-refractivity contribution in [3.63, 3.8) is 0 Å². The molecular formula is C23H21NO2. The van der Waals surface area contributed by atoms with Gasteiger partial charge in [-0.05, 0) is 52.3 Å². The highest BCUT2D eigenvalue weighted by Crippen LogP contribution is 2.47. The van der Waals surface area contributed by atoms with Crippen LogP contribution in [0.4, 0.5) is 0 Å². The molecule has 1 aliphatic carbocycles. The van der Waals surface area contributed by atoms with Crippen LogP contribution in [-0.4, -0.2) is 13.7 Å². The molecule has 2 atom stereocenters. The second-order valence-corrected chi connectivity index (χ2v) is 6.82. The van der Waals surface area contributed by atoms with Gasteiger partial charge < -0.3 is 9.47 Å². The van der Waals surface area contributed by atoms with Crippen LogP contribution < -0.4 is 4.74 Å². The first-order chi connectivity index (χ1) is 12.8. The first-order valence-electron chi connectivity index (χ1n) is 8.92. The molecule has 0 N–H and O–H groups in total. The predicted octanol–water partition coefficient (Wildman–Crippen LogP) is 5.04. The summed E-state index contributed by atoms with van der Waals surface area (Å²) >= 11 is 0. The Morgan fingerprint density at radius 2 is 1.85 bits per heavy atom. The number of rotatable bonds is 6. The topological polar surface area (TPSA) is 42.2 Å². The Balaban J connectivity index is 1.37. The normalized spacial score (nSPS) is 18.5. The molecule has 3 heteroatoms. The van der Waals surface area contributed by atoms with Crippen molar-refractivity contribution in [3.05, 3.63) is 77.4 Å². The molecule has 4 rings (SSSR count). The highest BCUT2D eigenvalue weighted by Gasteiger charge is 2.38. The fourth-order valence-corrected chi connectivity index (χ4v) is 3.58. The lowest BCUT2D eigenvalue weighted by atomic mass is 10.0. The Morgan fingerprint density at radius 3 is 2.62 bits per heavy atom. The van der Waals surface area contributed by atoms with Gasteiger partial charge in [0.2, 0.25) is 0 Å². The van der Waals surface area contributed by atoms with Gasteiger partial charge in [-0.15, -0.1) is 0 Å². The maximum Gasteiger partial charge on any atom is 0.118 e. The van der Waals surface area contributed by atoms with Gasteiger partial charge in [0.15, 0.2) is 0 Å². The Labute approximate surface area is 153 Å². The van der Waals surface area contributed by atoms with E-state index in [1.165, 1.54) is 5.56 Å². The summed E-state index contributed by atoms with van der Waals surface area (Å²) in [4.78, 5) is 0. The SMILES string of the molecule is COc1ccc([C@@H]2C[C@H]2COCc2ccc3ccccc3c2C#N)cc1. The minimum absolute atomic E-state index is 0.486. The van der Waals surface area contributed by atoms with Crippen molar-refractivity contribution < 1.29 is 9.47 Å². The molecule has 0 aromatic heterocycles. The molecule has 1 saturated carbocycles. The zero-order valence-corrected chi connectivity index (χ0v) is 14.8. The van der Waals surface area contributed by atoms with E-state index in [9.17, 15) is 5.26 Å². The summed E-state index contributed by atoms with van der Waals surface area (Å²) in [5, 5.41) is 11.6. The fourth-order valence-electron chi connectivity index (χ4n) is 3.58. The van der Waals surface area contributed by atoms with E-state index in [1.54, 1.807) is 7.11 Å². The van der Waals surface area contributed by atoms with E-state index in [0.717, 1.165) is 40.7 Å². The third-order valence-corrected chi connectivity index (χ3v) is 5.18. The number of nitriles is 1. The highest BCUT2D eigenvalue weighted by atomic mass is 16.5. The van der Waals surface area contributed by atoms with Crippen LogP contribution in [-0.2, 0) is 11.3 Å². The Kier molecular flexibility index (Phi) is 4.60. The van der Waals surface area contributed by atoms with Gasteiger partial charge in [-0.25, -0.2) is 0 Å². The maximum absolute atomic E-state index is 9.55. The maximum atomic E-state index is 9.55. The summed E-state index contributed by atoms with van der Waals surface area (Å²) in [5.74, 6) is 2.03. The lowest BCUT2D eigenvalue weighted by molar-refractivity contribution is 0.110. The average molecular weight is 343 g/mol. The molecule has 0 bridgehead atoms. The molecule has 130 valence electrons. The van der Waals surface area contributed by atoms with Gasteiger partial charge in [-0.3, -0.25) is 0 Å². The summed E-state index contributed by atoms with van der Waals surface area (Å²) in [6.07, 6.45) is 1.16. The first kappa shape index (κ1) is 16.6. The highest BCUT2D eigenvalue weighted by molar-refractivity contribution is 5.88. The van der Waals surface area contributed by atoms with E-state index in [4.69, 9.17) is 9.47 Å². The number of hydrogen-bond acceptors (Lipinski definition) is 3. The van der Waals surface area contributed by atoms with Crippen molar-refractivity contribution in [1.82, 2.24) is 0 Å². The lowest BCUT2D eigenvalue weighted by Crippen LogP contribution is -2.01. The van der Waals surface area contributed by atoms with E-state index in [1.807, 2.05) is 42.5 Å². The number of benzene rings is 3. The first-order valence-corrected chi connectivity index (χ1v) is 8.92. The lowest BCUT2D eigenvalue weighted by Gasteiger charge is -2.09. The standard InChI is InChI=1S/C23H21NO2/c1-25-20-10-8-17(9-11-20)22-12-19(22)15-26-14-18-7-6-16-4-2-3-5-21(16)23(18)13-24/h2-11,19,22H,12,14-15H2,1H3/t19-,22-/m0/s1. The van der Waals surface area contributed by atoms with Crippen LogP contribution in [0.5, 0.6) is 5.75 Å². The van der Waals surface area contributed by atoms with Crippen molar-refractivity contribution in [2.24, 2.45) is 5.92 Å². The summed E-state index contributed by atoms with van der Waals surface area (Å²) in [6.45, 7) is 1.22. The van der Waals surface area contributed by atoms with E-state index in [0.29, 0.717) is 18.4 Å². The van der Waals surface area contributed by atoms with Gasteiger partial charge in [0.05, 0.1) is 25.9 Å². The van der Waals surface area contributed by atoms with Crippen LogP contribution in [0.3, 0.4) is 0 Å². The van der Waals surface area contributed by atoms with Crippen LogP contribution >= 0.6 is 0 Å². The zero-order chi connectivity index (χ0) is 17.9. The molecule has 1 fully saturated rings. The van der Waals surface area contributed by atoms with Crippen molar-refractivity contribution in [2.45, 2.75) is 18.9 Å². The molecule has 1 aliphatic rings. The van der Waals surface area contributed by atoms with Gasteiger partial charge in [-0.2, -0.15) is 5.26 Å². The summed E-state index contributed by atoms with van der Waals surface area (Å²) in [5.41, 5.74) is 3.04. The summed E-state index contributed by atoms with van der Waals surface area (Å²) < 4.78 is 11.2. The van der Waals surface area contributed by atoms with Crippen molar-refractivity contribution in [3.8, 4) is 11.8 Å². The Bertz CT molecular complexity index is 956. The van der Waals surface area contributed by atoms with Crippen LogP contribution in [0.1, 0.15) is 29.0 Å². The second kappa shape index (κ2) is 7.19.